The van der Waals surface area contributed by atoms with Crippen molar-refractivity contribution in [2.75, 3.05) is 7.11 Å². The number of hydrogen-bond donors (Lipinski definition) is 0. The fourth-order valence-electron chi connectivity index (χ4n) is 2.55. The summed E-state index contributed by atoms with van der Waals surface area (Å²) in [5.74, 6) is -3.17. The van der Waals surface area contributed by atoms with Crippen molar-refractivity contribution >= 4 is 11.9 Å². The summed E-state index contributed by atoms with van der Waals surface area (Å²) in [5.41, 5.74) is -5.85. The number of ether oxygens (including phenoxy) is 1. The standard InChI is InChI=1S/C15H14F5N5O3/c1-6(2)4-7-8(14(27)28-3)10(12(16)17)23-11(15(18,19)20)9(7)13(26)25-22-5-21-24-25/h5-6,12H,4H2,1-3H3. The van der Waals surface area contributed by atoms with E-state index in [9.17, 15) is 31.5 Å². The van der Waals surface area contributed by atoms with Gasteiger partial charge in [0, 0.05) is 0 Å². The molecule has 0 saturated carbocycles. The highest BCUT2D eigenvalue weighted by atomic mass is 19.4. The molecule has 0 amide bonds. The lowest BCUT2D eigenvalue weighted by Crippen LogP contribution is -2.28. The van der Waals surface area contributed by atoms with Crippen molar-refractivity contribution in [3.8, 4) is 0 Å². The van der Waals surface area contributed by atoms with Gasteiger partial charge in [-0.15, -0.1) is 10.2 Å². The zero-order valence-electron chi connectivity index (χ0n) is 14.8. The fraction of sp³-hybridized carbons (Fsp3) is 0.467. The van der Waals surface area contributed by atoms with E-state index in [2.05, 4.69) is 25.1 Å². The SMILES string of the molecule is COC(=O)c1c(C(F)F)nc(C(F)(F)F)c(C(=O)n2ncnn2)c1CC(C)C. The molecule has 0 saturated heterocycles. The Hall–Kier alpha value is -2.99. The summed E-state index contributed by atoms with van der Waals surface area (Å²) in [7, 11) is 0.870. The molecule has 8 nitrogen and oxygen atoms in total. The van der Waals surface area contributed by atoms with Crippen LogP contribution in [-0.2, 0) is 17.3 Å². The number of carbonyl (C=O) groups is 2. The number of pyridine rings is 1. The molecule has 0 unspecified atom stereocenters. The smallest absolute Gasteiger partial charge is 0.434 e. The van der Waals surface area contributed by atoms with Gasteiger partial charge in [-0.25, -0.2) is 18.6 Å². The third-order valence-electron chi connectivity index (χ3n) is 3.55. The predicted molar refractivity (Wildman–Crippen MR) is 81.6 cm³/mol. The number of tetrazole rings is 1. The second-order valence-corrected chi connectivity index (χ2v) is 5.99. The van der Waals surface area contributed by atoms with E-state index in [0.717, 1.165) is 13.4 Å². The van der Waals surface area contributed by atoms with Crippen LogP contribution < -0.4 is 0 Å². The molecular weight excluding hydrogens is 393 g/mol. The van der Waals surface area contributed by atoms with Gasteiger partial charge in [-0.05, 0) is 23.1 Å². The van der Waals surface area contributed by atoms with Crippen molar-refractivity contribution in [2.24, 2.45) is 5.92 Å². The summed E-state index contributed by atoms with van der Waals surface area (Å²) < 4.78 is 72.1. The largest absolute Gasteiger partial charge is 0.465 e. The molecule has 0 aromatic carbocycles. The van der Waals surface area contributed by atoms with Crippen molar-refractivity contribution in [3.05, 3.63) is 34.4 Å². The van der Waals surface area contributed by atoms with Crippen LogP contribution in [0.1, 0.15) is 57.9 Å². The van der Waals surface area contributed by atoms with Crippen molar-refractivity contribution in [1.82, 2.24) is 25.2 Å². The van der Waals surface area contributed by atoms with Crippen molar-refractivity contribution in [2.45, 2.75) is 32.9 Å². The molecule has 0 radical (unpaired) electrons. The number of nitrogens with zero attached hydrogens (tertiary/aromatic N) is 5. The van der Waals surface area contributed by atoms with Crippen LogP contribution in [0.4, 0.5) is 22.0 Å². The van der Waals surface area contributed by atoms with Gasteiger partial charge in [0.15, 0.2) is 12.0 Å². The number of carbonyl (C=O) groups excluding carboxylic acids is 2. The number of methoxy groups -OCH3 is 1. The van der Waals surface area contributed by atoms with Crippen LogP contribution in [0.3, 0.4) is 0 Å². The Morgan fingerprint density at radius 2 is 1.86 bits per heavy atom. The molecule has 0 atom stereocenters. The van der Waals surface area contributed by atoms with E-state index in [1.165, 1.54) is 0 Å². The molecule has 0 spiro atoms. The Morgan fingerprint density at radius 1 is 1.21 bits per heavy atom. The topological polar surface area (TPSA) is 99.9 Å². The number of alkyl halides is 5. The van der Waals surface area contributed by atoms with E-state index >= 15 is 0 Å². The lowest BCUT2D eigenvalue weighted by molar-refractivity contribution is -0.141. The average molecular weight is 407 g/mol. The van der Waals surface area contributed by atoms with E-state index in [4.69, 9.17) is 0 Å². The molecule has 0 aliphatic carbocycles. The Morgan fingerprint density at radius 3 is 2.29 bits per heavy atom. The second kappa shape index (κ2) is 7.94. The monoisotopic (exact) mass is 407 g/mol. The molecule has 2 heterocycles. The predicted octanol–water partition coefficient (Wildman–Crippen LogP) is 2.70. The molecular formula is C15H14F5N5O3. The summed E-state index contributed by atoms with van der Waals surface area (Å²) in [5, 5.41) is 9.85. The molecule has 2 aromatic heterocycles. The first-order valence-corrected chi connectivity index (χ1v) is 7.77. The lowest BCUT2D eigenvalue weighted by Gasteiger charge is -2.21. The maximum atomic E-state index is 13.6. The molecule has 0 N–H and O–H groups in total. The maximum Gasteiger partial charge on any atom is 0.434 e. The third-order valence-corrected chi connectivity index (χ3v) is 3.55. The fourth-order valence-corrected chi connectivity index (χ4v) is 2.55. The highest BCUT2D eigenvalue weighted by Crippen LogP contribution is 2.38. The van der Waals surface area contributed by atoms with Crippen molar-refractivity contribution < 1.29 is 36.3 Å². The minimum atomic E-state index is -5.27. The van der Waals surface area contributed by atoms with Crippen molar-refractivity contribution in [1.29, 1.82) is 0 Å². The normalized spacial score (nSPS) is 11.9. The van der Waals surface area contributed by atoms with Gasteiger partial charge >= 0.3 is 12.1 Å². The molecule has 13 heteroatoms. The van der Waals surface area contributed by atoms with Gasteiger partial charge in [-0.2, -0.15) is 13.2 Å². The van der Waals surface area contributed by atoms with Crippen LogP contribution in [0.2, 0.25) is 0 Å². The number of esters is 1. The van der Waals surface area contributed by atoms with Crippen LogP contribution in [0.25, 0.3) is 0 Å². The average Bonchev–Trinajstić information content (AvgIpc) is 3.12. The summed E-state index contributed by atoms with van der Waals surface area (Å²) >= 11 is 0. The first-order valence-electron chi connectivity index (χ1n) is 7.77. The Balaban J connectivity index is 3.00. The van der Waals surface area contributed by atoms with Gasteiger partial charge in [-0.1, -0.05) is 18.6 Å². The minimum Gasteiger partial charge on any atom is -0.465 e. The quantitative estimate of drug-likeness (QED) is 0.555. The van der Waals surface area contributed by atoms with Crippen molar-refractivity contribution in [3.63, 3.8) is 0 Å². The molecule has 2 aromatic rings. The van der Waals surface area contributed by atoms with Gasteiger partial charge in [0.25, 0.3) is 12.3 Å². The summed E-state index contributed by atoms with van der Waals surface area (Å²) in [6.07, 6.45) is -8.30. The summed E-state index contributed by atoms with van der Waals surface area (Å²) in [6, 6.07) is 0. The van der Waals surface area contributed by atoms with E-state index in [-0.39, 0.29) is 11.2 Å². The van der Waals surface area contributed by atoms with Crippen LogP contribution in [0.5, 0.6) is 0 Å². The first-order chi connectivity index (χ1) is 13.0. The number of aromatic nitrogens is 5. The van der Waals surface area contributed by atoms with E-state index in [0.29, 0.717) is 0 Å². The summed E-state index contributed by atoms with van der Waals surface area (Å²) in [4.78, 5) is 27.9. The van der Waals surface area contributed by atoms with Gasteiger partial charge in [-0.3, -0.25) is 4.79 Å². The summed E-state index contributed by atoms with van der Waals surface area (Å²) in [6.45, 7) is 3.14. The van der Waals surface area contributed by atoms with Crippen LogP contribution in [-0.4, -0.2) is 44.2 Å². The zero-order chi connectivity index (χ0) is 21.2. The van der Waals surface area contributed by atoms with Gasteiger partial charge in [0.2, 0.25) is 0 Å². The number of rotatable bonds is 5. The molecule has 152 valence electrons. The third kappa shape index (κ3) is 4.12. The molecule has 28 heavy (non-hydrogen) atoms. The maximum absolute atomic E-state index is 13.6. The van der Waals surface area contributed by atoms with E-state index in [1.807, 2.05) is 0 Å². The van der Waals surface area contributed by atoms with Crippen LogP contribution >= 0.6 is 0 Å². The Bertz CT molecular complexity index is 881. The number of halogens is 5. The van der Waals surface area contributed by atoms with Gasteiger partial charge < -0.3 is 4.74 Å². The zero-order valence-corrected chi connectivity index (χ0v) is 14.8. The van der Waals surface area contributed by atoms with E-state index in [1.54, 1.807) is 13.8 Å². The molecule has 0 bridgehead atoms. The van der Waals surface area contributed by atoms with Crippen LogP contribution in [0.15, 0.2) is 6.33 Å². The van der Waals surface area contributed by atoms with Gasteiger partial charge in [0.05, 0.1) is 18.2 Å². The highest BCUT2D eigenvalue weighted by molar-refractivity contribution is 6.02. The molecule has 0 aliphatic heterocycles. The molecule has 2 rings (SSSR count). The molecule has 0 fully saturated rings. The second-order valence-electron chi connectivity index (χ2n) is 5.99. The number of hydrogen-bond acceptors (Lipinski definition) is 7. The van der Waals surface area contributed by atoms with Gasteiger partial charge in [0.1, 0.15) is 5.69 Å². The minimum absolute atomic E-state index is 0.249. The molecule has 0 aliphatic rings. The highest BCUT2D eigenvalue weighted by Gasteiger charge is 2.43. The van der Waals surface area contributed by atoms with Crippen LogP contribution in [0, 0.1) is 5.92 Å². The lowest BCUT2D eigenvalue weighted by atomic mass is 9.90. The Labute approximate surface area is 154 Å². The first kappa shape index (κ1) is 21.3. The van der Waals surface area contributed by atoms with E-state index < -0.39 is 58.5 Å². The Kier molecular flexibility index (Phi) is 6.04.